The van der Waals surface area contributed by atoms with Gasteiger partial charge in [-0.1, -0.05) is 18.2 Å². The van der Waals surface area contributed by atoms with Crippen LogP contribution >= 0.6 is 0 Å². The van der Waals surface area contributed by atoms with Crippen molar-refractivity contribution in [2.24, 2.45) is 23.2 Å². The molecule has 4 aliphatic carbocycles. The van der Waals surface area contributed by atoms with Crippen molar-refractivity contribution < 1.29 is 4.79 Å². The molecule has 1 aromatic carbocycles. The molecule has 0 spiro atoms. The van der Waals surface area contributed by atoms with Gasteiger partial charge in [0.2, 0.25) is 5.91 Å². The normalized spacial score (nSPS) is 30.5. The molecule has 148 valence electrons. The Balaban J connectivity index is 1.14. The summed E-state index contributed by atoms with van der Waals surface area (Å²) in [6.07, 6.45) is 8.22. The van der Waals surface area contributed by atoms with E-state index in [1.165, 1.54) is 19.3 Å². The van der Waals surface area contributed by atoms with Crippen LogP contribution in [0.4, 0.5) is 5.82 Å². The molecule has 6 rings (SSSR count). The van der Waals surface area contributed by atoms with Crippen LogP contribution < -0.4 is 16.2 Å². The van der Waals surface area contributed by atoms with Gasteiger partial charge in [0.1, 0.15) is 0 Å². The summed E-state index contributed by atoms with van der Waals surface area (Å²) < 4.78 is 0. The van der Waals surface area contributed by atoms with Crippen LogP contribution in [0.2, 0.25) is 0 Å². The topological polar surface area (TPSA) is 86.9 Å². The van der Waals surface area contributed by atoms with Crippen molar-refractivity contribution in [3.05, 3.63) is 34.6 Å². The Morgan fingerprint density at radius 2 is 1.68 bits per heavy atom. The molecule has 0 saturated heterocycles. The van der Waals surface area contributed by atoms with E-state index in [9.17, 15) is 9.59 Å². The van der Waals surface area contributed by atoms with Crippen molar-refractivity contribution in [1.29, 1.82) is 0 Å². The molecule has 0 radical (unpaired) electrons. The first kappa shape index (κ1) is 17.7. The van der Waals surface area contributed by atoms with Gasteiger partial charge in [-0.2, -0.15) is 5.10 Å². The van der Waals surface area contributed by atoms with E-state index >= 15 is 0 Å². The number of anilines is 1. The number of nitrogens with zero attached hydrogens (tertiary/aromatic N) is 1. The average molecular weight is 380 g/mol. The van der Waals surface area contributed by atoms with Gasteiger partial charge in [0.15, 0.2) is 5.82 Å². The monoisotopic (exact) mass is 380 g/mol. The number of benzene rings is 1. The zero-order chi connectivity index (χ0) is 19.1. The molecule has 0 aliphatic heterocycles. The Morgan fingerprint density at radius 3 is 2.36 bits per heavy atom. The van der Waals surface area contributed by atoms with E-state index in [1.807, 2.05) is 18.2 Å². The SMILES string of the molecule is O=C(NCCCNc1n[nH]c(=O)c2ccccc12)C12CC3CC(CC(C3)C1)C2. The van der Waals surface area contributed by atoms with Crippen molar-refractivity contribution in [3.8, 4) is 0 Å². The number of fused-ring (bicyclic) bond motifs is 1. The van der Waals surface area contributed by atoms with Crippen molar-refractivity contribution in [3.63, 3.8) is 0 Å². The van der Waals surface area contributed by atoms with E-state index < -0.39 is 0 Å². The van der Waals surface area contributed by atoms with E-state index in [0.29, 0.717) is 30.2 Å². The molecule has 6 nitrogen and oxygen atoms in total. The number of carbonyl (C=O) groups excluding carboxylic acids is 1. The number of hydrogen-bond donors (Lipinski definition) is 3. The van der Waals surface area contributed by atoms with Crippen LogP contribution in [0, 0.1) is 23.2 Å². The number of rotatable bonds is 6. The second-order valence-electron chi connectivity index (χ2n) is 9.18. The van der Waals surface area contributed by atoms with Gasteiger partial charge < -0.3 is 10.6 Å². The number of H-pyrrole nitrogens is 1. The Kier molecular flexibility index (Phi) is 4.37. The predicted molar refractivity (Wildman–Crippen MR) is 109 cm³/mol. The third-order valence-corrected chi connectivity index (χ3v) is 7.15. The first-order valence-corrected chi connectivity index (χ1v) is 10.6. The summed E-state index contributed by atoms with van der Waals surface area (Å²) >= 11 is 0. The van der Waals surface area contributed by atoms with Crippen LogP contribution in [0.15, 0.2) is 29.1 Å². The van der Waals surface area contributed by atoms with Crippen LogP contribution in [0.3, 0.4) is 0 Å². The maximum absolute atomic E-state index is 13.0. The molecule has 0 atom stereocenters. The maximum atomic E-state index is 13.0. The highest BCUT2D eigenvalue weighted by molar-refractivity contribution is 5.90. The van der Waals surface area contributed by atoms with Gasteiger partial charge in [-0.15, -0.1) is 0 Å². The first-order chi connectivity index (χ1) is 13.6. The zero-order valence-electron chi connectivity index (χ0n) is 16.2. The van der Waals surface area contributed by atoms with Crippen LogP contribution in [-0.2, 0) is 4.79 Å². The van der Waals surface area contributed by atoms with Crippen LogP contribution in [0.25, 0.3) is 10.8 Å². The molecule has 2 aromatic rings. The van der Waals surface area contributed by atoms with Gasteiger partial charge in [-0.05, 0) is 68.8 Å². The minimum atomic E-state index is -0.177. The summed E-state index contributed by atoms with van der Waals surface area (Å²) in [5.74, 6) is 3.34. The predicted octanol–water partition coefficient (Wildman–Crippen LogP) is 3.06. The molecule has 1 heterocycles. The minimum absolute atomic E-state index is 0.0706. The number of aromatic amines is 1. The molecule has 4 fully saturated rings. The summed E-state index contributed by atoms with van der Waals surface area (Å²) in [5, 5.41) is 14.6. The quantitative estimate of drug-likeness (QED) is 0.672. The van der Waals surface area contributed by atoms with Crippen LogP contribution in [-0.4, -0.2) is 29.2 Å². The summed E-state index contributed by atoms with van der Waals surface area (Å²) in [6.45, 7) is 1.37. The number of amides is 1. The van der Waals surface area contributed by atoms with Gasteiger partial charge >= 0.3 is 0 Å². The van der Waals surface area contributed by atoms with E-state index in [2.05, 4.69) is 20.8 Å². The first-order valence-electron chi connectivity index (χ1n) is 10.6. The lowest BCUT2D eigenvalue weighted by molar-refractivity contribution is -0.146. The van der Waals surface area contributed by atoms with Gasteiger partial charge in [0.05, 0.1) is 5.39 Å². The highest BCUT2D eigenvalue weighted by Crippen LogP contribution is 2.60. The van der Waals surface area contributed by atoms with Gasteiger partial charge in [0, 0.05) is 23.9 Å². The largest absolute Gasteiger partial charge is 0.368 e. The number of carbonyl (C=O) groups is 1. The molecule has 6 heteroatoms. The molecular weight excluding hydrogens is 352 g/mol. The molecule has 4 aliphatic rings. The number of hydrogen-bond acceptors (Lipinski definition) is 4. The van der Waals surface area contributed by atoms with Crippen molar-refractivity contribution in [2.75, 3.05) is 18.4 Å². The molecule has 0 unspecified atom stereocenters. The molecule has 1 amide bonds. The lowest BCUT2D eigenvalue weighted by Gasteiger charge is -2.55. The summed E-state index contributed by atoms with van der Waals surface area (Å²) in [5.41, 5.74) is -0.247. The van der Waals surface area contributed by atoms with E-state index in [1.54, 1.807) is 6.07 Å². The Hall–Kier alpha value is -2.37. The lowest BCUT2D eigenvalue weighted by Crippen LogP contribution is -2.53. The molecular formula is C22H28N4O2. The van der Waals surface area contributed by atoms with E-state index in [4.69, 9.17) is 0 Å². The third kappa shape index (κ3) is 3.09. The second kappa shape index (κ2) is 6.90. The van der Waals surface area contributed by atoms with Crippen LogP contribution in [0.1, 0.15) is 44.9 Å². The fraction of sp³-hybridized carbons (Fsp3) is 0.591. The van der Waals surface area contributed by atoms with Gasteiger partial charge in [-0.25, -0.2) is 5.10 Å². The summed E-state index contributed by atoms with van der Waals surface area (Å²) in [6, 6.07) is 7.45. The smallest absolute Gasteiger partial charge is 0.272 e. The summed E-state index contributed by atoms with van der Waals surface area (Å²) in [7, 11) is 0. The van der Waals surface area contributed by atoms with E-state index in [-0.39, 0.29) is 11.0 Å². The van der Waals surface area contributed by atoms with E-state index in [0.717, 1.165) is 48.8 Å². The highest BCUT2D eigenvalue weighted by Gasteiger charge is 2.54. The average Bonchev–Trinajstić information content (AvgIpc) is 2.68. The summed E-state index contributed by atoms with van der Waals surface area (Å²) in [4.78, 5) is 24.8. The minimum Gasteiger partial charge on any atom is -0.368 e. The fourth-order valence-corrected chi connectivity index (χ4v) is 6.32. The maximum Gasteiger partial charge on any atom is 0.272 e. The number of nitrogens with one attached hydrogen (secondary N) is 3. The Morgan fingerprint density at radius 1 is 1.04 bits per heavy atom. The molecule has 4 bridgehead atoms. The Labute approximate surface area is 164 Å². The number of aromatic nitrogens is 2. The van der Waals surface area contributed by atoms with Gasteiger partial charge in [0.25, 0.3) is 5.56 Å². The van der Waals surface area contributed by atoms with Gasteiger partial charge in [-0.3, -0.25) is 9.59 Å². The van der Waals surface area contributed by atoms with Crippen molar-refractivity contribution in [2.45, 2.75) is 44.9 Å². The lowest BCUT2D eigenvalue weighted by atomic mass is 9.49. The standard InChI is InChI=1S/C22H28N4O2/c27-20-18-5-2-1-4-17(18)19(25-26-20)23-6-3-7-24-21(28)22-11-14-8-15(12-22)10-16(9-14)13-22/h1-2,4-5,14-16H,3,6-13H2,(H,23,25)(H,24,28)(H,26,27). The van der Waals surface area contributed by atoms with Crippen molar-refractivity contribution in [1.82, 2.24) is 15.5 Å². The molecule has 28 heavy (non-hydrogen) atoms. The Bertz CT molecular complexity index is 916. The second-order valence-corrected chi connectivity index (χ2v) is 9.18. The highest BCUT2D eigenvalue weighted by atomic mass is 16.2. The molecule has 3 N–H and O–H groups in total. The molecule has 4 saturated carbocycles. The third-order valence-electron chi connectivity index (χ3n) is 7.15. The fourth-order valence-electron chi connectivity index (χ4n) is 6.32. The van der Waals surface area contributed by atoms with Crippen LogP contribution in [0.5, 0.6) is 0 Å². The zero-order valence-corrected chi connectivity index (χ0v) is 16.2. The van der Waals surface area contributed by atoms with Crippen molar-refractivity contribution >= 4 is 22.5 Å². The molecule has 1 aromatic heterocycles.